The van der Waals surface area contributed by atoms with Crippen LogP contribution in [0.4, 0.5) is 0 Å². The van der Waals surface area contributed by atoms with Crippen LogP contribution in [0.25, 0.3) is 0 Å². The molecule has 0 aliphatic heterocycles. The first-order valence-corrected chi connectivity index (χ1v) is 8.48. The lowest BCUT2D eigenvalue weighted by Gasteiger charge is -2.50. The van der Waals surface area contributed by atoms with Gasteiger partial charge in [0.1, 0.15) is 0 Å². The van der Waals surface area contributed by atoms with Gasteiger partial charge in [-0.25, -0.2) is 0 Å². The highest BCUT2D eigenvalue weighted by atomic mass is 16.3. The Morgan fingerprint density at radius 2 is 1.74 bits per heavy atom. The van der Waals surface area contributed by atoms with Crippen LogP contribution in [0, 0.1) is 17.3 Å². The van der Waals surface area contributed by atoms with E-state index in [1.807, 2.05) is 0 Å². The van der Waals surface area contributed by atoms with Crippen LogP contribution in [0.15, 0.2) is 0 Å². The van der Waals surface area contributed by atoms with Crippen molar-refractivity contribution in [3.05, 3.63) is 0 Å². The Balaban J connectivity index is 2.11. The van der Waals surface area contributed by atoms with E-state index < -0.39 is 5.60 Å². The van der Waals surface area contributed by atoms with Gasteiger partial charge in [0.2, 0.25) is 0 Å². The molecule has 2 rings (SSSR count). The lowest BCUT2D eigenvalue weighted by atomic mass is 9.59. The van der Waals surface area contributed by atoms with Crippen LogP contribution in [0.5, 0.6) is 0 Å². The molecule has 0 aromatic carbocycles. The minimum atomic E-state index is -0.481. The molecule has 0 radical (unpaired) electrons. The Bertz CT molecular complexity index is 283. The number of hydrogen-bond donors (Lipinski definition) is 2. The fraction of sp³-hybridized carbons (Fsp3) is 1.00. The molecule has 0 aromatic rings. The Labute approximate surface area is 119 Å². The quantitative estimate of drug-likeness (QED) is 0.763. The van der Waals surface area contributed by atoms with Crippen LogP contribution in [0.2, 0.25) is 0 Å². The van der Waals surface area contributed by atoms with Crippen LogP contribution in [0.3, 0.4) is 0 Å². The summed E-state index contributed by atoms with van der Waals surface area (Å²) < 4.78 is 0. The van der Waals surface area contributed by atoms with E-state index in [0.717, 1.165) is 37.5 Å². The molecular formula is C17H33NO. The maximum absolute atomic E-state index is 11.3. The monoisotopic (exact) mass is 267 g/mol. The van der Waals surface area contributed by atoms with E-state index in [1.54, 1.807) is 0 Å². The molecule has 2 saturated carbocycles. The summed E-state index contributed by atoms with van der Waals surface area (Å²) in [5.74, 6) is 1.64. The highest BCUT2D eigenvalue weighted by molar-refractivity contribution is 5.02. The first-order valence-electron chi connectivity index (χ1n) is 8.48. The summed E-state index contributed by atoms with van der Waals surface area (Å²) in [7, 11) is 0. The van der Waals surface area contributed by atoms with Crippen LogP contribution >= 0.6 is 0 Å². The molecule has 0 aromatic heterocycles. The van der Waals surface area contributed by atoms with Crippen LogP contribution in [-0.2, 0) is 0 Å². The van der Waals surface area contributed by atoms with Crippen molar-refractivity contribution in [2.45, 2.75) is 83.7 Å². The molecule has 2 atom stereocenters. The van der Waals surface area contributed by atoms with E-state index in [0.29, 0.717) is 6.54 Å². The second kappa shape index (κ2) is 6.13. The fourth-order valence-corrected chi connectivity index (χ4v) is 4.53. The Morgan fingerprint density at radius 3 is 2.32 bits per heavy atom. The SMILES string of the molecule is CCC1CCC(CN)(C2(O)CCCC(C)CC2)CC1. The lowest BCUT2D eigenvalue weighted by Crippen LogP contribution is -2.54. The summed E-state index contributed by atoms with van der Waals surface area (Å²) in [5, 5.41) is 11.3. The standard InChI is InChI=1S/C17H33NO/c1-3-15-7-10-16(13-18,11-8-15)17(19)9-4-5-14(2)6-12-17/h14-15,19H,3-13,18H2,1-2H3. The number of nitrogens with two attached hydrogens (primary N) is 1. The van der Waals surface area contributed by atoms with Gasteiger partial charge in [0.25, 0.3) is 0 Å². The van der Waals surface area contributed by atoms with E-state index in [-0.39, 0.29) is 5.41 Å². The molecule has 2 aliphatic carbocycles. The molecule has 19 heavy (non-hydrogen) atoms. The van der Waals surface area contributed by atoms with Gasteiger partial charge in [-0.2, -0.15) is 0 Å². The van der Waals surface area contributed by atoms with Gasteiger partial charge >= 0.3 is 0 Å². The molecule has 112 valence electrons. The summed E-state index contributed by atoms with van der Waals surface area (Å²) in [5.41, 5.74) is 5.70. The second-order valence-electron chi connectivity index (χ2n) is 7.40. The minimum Gasteiger partial charge on any atom is -0.389 e. The van der Waals surface area contributed by atoms with Crippen molar-refractivity contribution in [2.75, 3.05) is 6.54 Å². The third-order valence-electron chi connectivity index (χ3n) is 6.36. The van der Waals surface area contributed by atoms with Gasteiger partial charge in [0, 0.05) is 12.0 Å². The van der Waals surface area contributed by atoms with Crippen LogP contribution < -0.4 is 5.73 Å². The second-order valence-corrected chi connectivity index (χ2v) is 7.40. The van der Waals surface area contributed by atoms with Crippen molar-refractivity contribution >= 4 is 0 Å². The molecular weight excluding hydrogens is 234 g/mol. The number of aliphatic hydroxyl groups is 1. The van der Waals surface area contributed by atoms with Gasteiger partial charge in [0.15, 0.2) is 0 Å². The topological polar surface area (TPSA) is 46.2 Å². The predicted molar refractivity (Wildman–Crippen MR) is 80.9 cm³/mol. The molecule has 2 aliphatic rings. The van der Waals surface area contributed by atoms with Crippen molar-refractivity contribution in [1.82, 2.24) is 0 Å². The van der Waals surface area contributed by atoms with E-state index in [1.165, 1.54) is 38.5 Å². The van der Waals surface area contributed by atoms with Crippen molar-refractivity contribution in [2.24, 2.45) is 23.0 Å². The molecule has 0 saturated heterocycles. The van der Waals surface area contributed by atoms with Gasteiger partial charge in [-0.3, -0.25) is 0 Å². The average molecular weight is 267 g/mol. The zero-order valence-corrected chi connectivity index (χ0v) is 13.0. The summed E-state index contributed by atoms with van der Waals surface area (Å²) in [6.07, 6.45) is 11.7. The molecule has 0 heterocycles. The minimum absolute atomic E-state index is 0.0166. The molecule has 2 unspecified atom stereocenters. The van der Waals surface area contributed by atoms with E-state index in [9.17, 15) is 5.11 Å². The molecule has 3 N–H and O–H groups in total. The fourth-order valence-electron chi connectivity index (χ4n) is 4.53. The van der Waals surface area contributed by atoms with Gasteiger partial charge in [0.05, 0.1) is 5.60 Å². The van der Waals surface area contributed by atoms with Crippen LogP contribution in [-0.4, -0.2) is 17.3 Å². The molecule has 2 fully saturated rings. The number of hydrogen-bond acceptors (Lipinski definition) is 2. The number of rotatable bonds is 3. The lowest BCUT2D eigenvalue weighted by molar-refractivity contribution is -0.115. The summed E-state index contributed by atoms with van der Waals surface area (Å²) >= 11 is 0. The Morgan fingerprint density at radius 1 is 1.05 bits per heavy atom. The largest absolute Gasteiger partial charge is 0.389 e. The smallest absolute Gasteiger partial charge is 0.0715 e. The third-order valence-corrected chi connectivity index (χ3v) is 6.36. The Kier molecular flexibility index (Phi) is 4.94. The average Bonchev–Trinajstić information content (AvgIpc) is 2.62. The highest BCUT2D eigenvalue weighted by Crippen LogP contribution is 2.51. The summed E-state index contributed by atoms with van der Waals surface area (Å²) in [4.78, 5) is 0. The van der Waals surface area contributed by atoms with Gasteiger partial charge in [-0.1, -0.05) is 33.1 Å². The zero-order chi connectivity index (χ0) is 13.9. The third kappa shape index (κ3) is 3.00. The Hall–Kier alpha value is -0.0800. The first-order chi connectivity index (χ1) is 9.05. The predicted octanol–water partition coefficient (Wildman–Crippen LogP) is 3.86. The van der Waals surface area contributed by atoms with E-state index in [2.05, 4.69) is 13.8 Å². The van der Waals surface area contributed by atoms with Gasteiger partial charge < -0.3 is 10.8 Å². The highest BCUT2D eigenvalue weighted by Gasteiger charge is 2.50. The maximum Gasteiger partial charge on any atom is 0.0715 e. The normalized spacial score (nSPS) is 44.8. The summed E-state index contributed by atoms with van der Waals surface area (Å²) in [6, 6.07) is 0. The molecule has 2 heteroatoms. The van der Waals surface area contributed by atoms with Crippen molar-refractivity contribution in [1.29, 1.82) is 0 Å². The van der Waals surface area contributed by atoms with Crippen molar-refractivity contribution in [3.63, 3.8) is 0 Å². The molecule has 0 bridgehead atoms. The van der Waals surface area contributed by atoms with Crippen molar-refractivity contribution in [3.8, 4) is 0 Å². The van der Waals surface area contributed by atoms with Crippen molar-refractivity contribution < 1.29 is 5.11 Å². The van der Waals surface area contributed by atoms with Crippen LogP contribution in [0.1, 0.15) is 78.1 Å². The molecule has 0 spiro atoms. The molecule has 2 nitrogen and oxygen atoms in total. The van der Waals surface area contributed by atoms with Gasteiger partial charge in [-0.15, -0.1) is 0 Å². The zero-order valence-electron chi connectivity index (χ0n) is 13.0. The maximum atomic E-state index is 11.3. The summed E-state index contributed by atoms with van der Waals surface area (Å²) in [6.45, 7) is 5.30. The van der Waals surface area contributed by atoms with E-state index >= 15 is 0 Å². The van der Waals surface area contributed by atoms with E-state index in [4.69, 9.17) is 5.73 Å². The molecule has 0 amide bonds. The van der Waals surface area contributed by atoms with Gasteiger partial charge in [-0.05, 0) is 56.8 Å². The first kappa shape index (κ1) is 15.3.